The van der Waals surface area contributed by atoms with Gasteiger partial charge in [-0.15, -0.1) is 0 Å². The molecule has 2 atom stereocenters. The van der Waals surface area contributed by atoms with Crippen molar-refractivity contribution in [2.45, 2.75) is 39.7 Å². The maximum atomic E-state index is 11.9. The van der Waals surface area contributed by atoms with E-state index in [9.17, 15) is 9.59 Å². The van der Waals surface area contributed by atoms with Gasteiger partial charge in [0.2, 0.25) is 11.8 Å². The minimum atomic E-state index is -0.342. The number of amides is 2. The molecule has 0 spiro atoms. The normalized spacial score (nSPS) is 18.2. The molecule has 1 heterocycles. The van der Waals surface area contributed by atoms with Crippen LogP contribution in [0.2, 0.25) is 0 Å². The van der Waals surface area contributed by atoms with Crippen molar-refractivity contribution in [3.63, 3.8) is 0 Å². The molecule has 1 aliphatic rings. The molecule has 0 unspecified atom stereocenters. The van der Waals surface area contributed by atoms with Gasteiger partial charge in [0.25, 0.3) is 0 Å². The molecule has 0 aliphatic carbocycles. The van der Waals surface area contributed by atoms with Gasteiger partial charge < -0.3 is 20.3 Å². The zero-order chi connectivity index (χ0) is 23.3. The Hall–Kier alpha value is -2.86. The first-order valence-corrected chi connectivity index (χ1v) is 11.3. The van der Waals surface area contributed by atoms with E-state index in [1.165, 1.54) is 18.1 Å². The molecule has 172 valence electrons. The summed E-state index contributed by atoms with van der Waals surface area (Å²) in [6.45, 7) is 9.10. The lowest BCUT2D eigenvalue weighted by Crippen LogP contribution is -2.30. The van der Waals surface area contributed by atoms with E-state index >= 15 is 0 Å². The number of carbonyl (C=O) groups is 2. The predicted molar refractivity (Wildman–Crippen MR) is 126 cm³/mol. The maximum absolute atomic E-state index is 11.9. The molecule has 6 heteroatoms. The molecule has 2 N–H and O–H groups in total. The average molecular weight is 438 g/mol. The molecule has 2 aromatic rings. The van der Waals surface area contributed by atoms with Crippen LogP contribution in [0.5, 0.6) is 5.75 Å². The zero-order valence-corrected chi connectivity index (χ0v) is 19.6. The van der Waals surface area contributed by atoms with E-state index in [4.69, 9.17) is 10.5 Å². The van der Waals surface area contributed by atoms with E-state index in [1.54, 1.807) is 4.90 Å². The van der Waals surface area contributed by atoms with Crippen LogP contribution in [0.1, 0.15) is 41.5 Å². The second kappa shape index (κ2) is 10.6. The fourth-order valence-electron chi connectivity index (χ4n) is 4.33. The molecular formula is C26H35N3O3. The van der Waals surface area contributed by atoms with Gasteiger partial charge in [-0.3, -0.25) is 9.59 Å². The summed E-state index contributed by atoms with van der Waals surface area (Å²) in [5, 5.41) is 0. The van der Waals surface area contributed by atoms with Crippen LogP contribution in [-0.2, 0) is 16.1 Å². The van der Waals surface area contributed by atoms with Crippen LogP contribution < -0.4 is 10.5 Å². The van der Waals surface area contributed by atoms with E-state index < -0.39 is 0 Å². The van der Waals surface area contributed by atoms with Crippen molar-refractivity contribution >= 4 is 11.8 Å². The SMILES string of the molecule is CC(=O)N1C[C@H](C(N)=O)[C@@H](c2ccc(CN(C)CCCOc3cc(C)ccc3C)cc2)C1. The highest BCUT2D eigenvalue weighted by atomic mass is 16.5. The molecule has 0 bridgehead atoms. The van der Waals surface area contributed by atoms with Crippen molar-refractivity contribution in [3.8, 4) is 5.75 Å². The van der Waals surface area contributed by atoms with Crippen LogP contribution in [0.15, 0.2) is 42.5 Å². The van der Waals surface area contributed by atoms with Crippen LogP contribution in [0.3, 0.4) is 0 Å². The number of carbonyl (C=O) groups excluding carboxylic acids is 2. The van der Waals surface area contributed by atoms with E-state index in [0.29, 0.717) is 19.7 Å². The van der Waals surface area contributed by atoms with Crippen LogP contribution in [0, 0.1) is 19.8 Å². The monoisotopic (exact) mass is 437 g/mol. The van der Waals surface area contributed by atoms with E-state index in [-0.39, 0.29) is 23.7 Å². The molecule has 32 heavy (non-hydrogen) atoms. The van der Waals surface area contributed by atoms with Crippen LogP contribution in [0.25, 0.3) is 0 Å². The Labute approximate surface area is 191 Å². The van der Waals surface area contributed by atoms with Gasteiger partial charge in [0, 0.05) is 39.0 Å². The number of likely N-dealkylation sites (tertiary alicyclic amines) is 1. The Balaban J connectivity index is 1.49. The van der Waals surface area contributed by atoms with Gasteiger partial charge in [-0.1, -0.05) is 36.4 Å². The lowest BCUT2D eigenvalue weighted by molar-refractivity contribution is -0.128. The Kier molecular flexibility index (Phi) is 7.91. The second-order valence-electron chi connectivity index (χ2n) is 8.99. The Morgan fingerprint density at radius 1 is 1.12 bits per heavy atom. The van der Waals surface area contributed by atoms with E-state index in [0.717, 1.165) is 36.4 Å². The lowest BCUT2D eigenvalue weighted by atomic mass is 9.88. The number of hydrogen-bond donors (Lipinski definition) is 1. The van der Waals surface area contributed by atoms with Crippen molar-refractivity contribution in [1.82, 2.24) is 9.80 Å². The molecule has 1 fully saturated rings. The molecule has 3 rings (SSSR count). The quantitative estimate of drug-likeness (QED) is 0.611. The van der Waals surface area contributed by atoms with Gasteiger partial charge in [0.05, 0.1) is 12.5 Å². The number of rotatable bonds is 9. The highest BCUT2D eigenvalue weighted by Crippen LogP contribution is 2.32. The third kappa shape index (κ3) is 6.10. The fraction of sp³-hybridized carbons (Fsp3) is 0.462. The van der Waals surface area contributed by atoms with Crippen molar-refractivity contribution < 1.29 is 14.3 Å². The fourth-order valence-corrected chi connectivity index (χ4v) is 4.33. The molecule has 1 aliphatic heterocycles. The Bertz CT molecular complexity index is 942. The third-order valence-electron chi connectivity index (χ3n) is 6.28. The van der Waals surface area contributed by atoms with Crippen molar-refractivity contribution in [2.24, 2.45) is 11.7 Å². The van der Waals surface area contributed by atoms with Crippen LogP contribution in [0.4, 0.5) is 0 Å². The second-order valence-corrected chi connectivity index (χ2v) is 8.99. The minimum Gasteiger partial charge on any atom is -0.493 e. The summed E-state index contributed by atoms with van der Waals surface area (Å²) >= 11 is 0. The standard InChI is InChI=1S/C26H35N3O3/c1-18-6-7-19(2)25(14-18)32-13-5-12-28(4)15-21-8-10-22(11-9-21)23-16-29(20(3)30)17-24(23)26(27)31/h6-11,14,23-24H,5,12-13,15-17H2,1-4H3,(H2,27,31)/t23-,24+/m1/s1. The number of primary amides is 1. The lowest BCUT2D eigenvalue weighted by Gasteiger charge is -2.19. The van der Waals surface area contributed by atoms with Gasteiger partial charge in [-0.05, 0) is 55.6 Å². The molecule has 0 saturated carbocycles. The van der Waals surface area contributed by atoms with Gasteiger partial charge in [0.1, 0.15) is 5.75 Å². The number of ether oxygens (including phenoxy) is 1. The van der Waals surface area contributed by atoms with Crippen molar-refractivity contribution in [3.05, 3.63) is 64.7 Å². The molecule has 0 radical (unpaired) electrons. The summed E-state index contributed by atoms with van der Waals surface area (Å²) in [5.41, 5.74) is 10.2. The first-order chi connectivity index (χ1) is 15.2. The number of benzene rings is 2. The topological polar surface area (TPSA) is 75.9 Å². The number of nitrogens with two attached hydrogens (primary N) is 1. The van der Waals surface area contributed by atoms with Crippen LogP contribution in [-0.4, -0.2) is 54.9 Å². The summed E-state index contributed by atoms with van der Waals surface area (Å²) < 4.78 is 5.95. The predicted octanol–water partition coefficient (Wildman–Crippen LogP) is 3.25. The Morgan fingerprint density at radius 2 is 1.84 bits per heavy atom. The highest BCUT2D eigenvalue weighted by Gasteiger charge is 2.38. The summed E-state index contributed by atoms with van der Waals surface area (Å²) in [6, 6.07) is 14.6. The molecule has 2 amide bonds. The largest absolute Gasteiger partial charge is 0.493 e. The highest BCUT2D eigenvalue weighted by molar-refractivity contribution is 5.81. The van der Waals surface area contributed by atoms with Crippen molar-refractivity contribution in [1.29, 1.82) is 0 Å². The van der Waals surface area contributed by atoms with Gasteiger partial charge in [0.15, 0.2) is 0 Å². The summed E-state index contributed by atoms with van der Waals surface area (Å²) in [6.07, 6.45) is 0.950. The summed E-state index contributed by atoms with van der Waals surface area (Å²) in [4.78, 5) is 27.6. The van der Waals surface area contributed by atoms with Crippen molar-refractivity contribution in [2.75, 3.05) is 33.3 Å². The number of nitrogens with zero attached hydrogens (tertiary/aromatic N) is 2. The van der Waals surface area contributed by atoms with Gasteiger partial charge >= 0.3 is 0 Å². The first-order valence-electron chi connectivity index (χ1n) is 11.3. The molecule has 2 aromatic carbocycles. The first kappa shape index (κ1) is 23.8. The Morgan fingerprint density at radius 3 is 2.50 bits per heavy atom. The van der Waals surface area contributed by atoms with Gasteiger partial charge in [-0.25, -0.2) is 0 Å². The van der Waals surface area contributed by atoms with Crippen LogP contribution >= 0.6 is 0 Å². The van der Waals surface area contributed by atoms with Gasteiger partial charge in [-0.2, -0.15) is 0 Å². The number of hydrogen-bond acceptors (Lipinski definition) is 4. The average Bonchev–Trinajstić information content (AvgIpc) is 3.20. The molecule has 6 nitrogen and oxygen atoms in total. The number of aryl methyl sites for hydroxylation is 2. The molecule has 0 aromatic heterocycles. The van der Waals surface area contributed by atoms with E-state index in [2.05, 4.69) is 68.3 Å². The summed E-state index contributed by atoms with van der Waals surface area (Å²) in [5.74, 6) is 0.242. The zero-order valence-electron chi connectivity index (χ0n) is 19.6. The van der Waals surface area contributed by atoms with E-state index in [1.807, 2.05) is 0 Å². The molecule has 1 saturated heterocycles. The maximum Gasteiger partial charge on any atom is 0.223 e. The third-order valence-corrected chi connectivity index (χ3v) is 6.28. The molecular weight excluding hydrogens is 402 g/mol. The minimum absolute atomic E-state index is 0.0152. The smallest absolute Gasteiger partial charge is 0.223 e. The summed E-state index contributed by atoms with van der Waals surface area (Å²) in [7, 11) is 2.11.